The Bertz CT molecular complexity index is 347. The van der Waals surface area contributed by atoms with E-state index >= 15 is 0 Å². The minimum Gasteiger partial charge on any atom is -0.307 e. The summed E-state index contributed by atoms with van der Waals surface area (Å²) in [6.45, 7) is 5.08. The first-order valence-electron chi connectivity index (χ1n) is 6.18. The molecule has 0 spiro atoms. The number of nitrogens with zero attached hydrogens (tertiary/aromatic N) is 1. The predicted octanol–water partition coefficient (Wildman–Crippen LogP) is 4.70. The number of carbonyl (C=O) groups excluding carboxylic acids is 1. The molecular weight excluding hydrogens is 346 g/mol. The Labute approximate surface area is 120 Å². The summed E-state index contributed by atoms with van der Waals surface area (Å²) >= 11 is 6.91. The first kappa shape index (κ1) is 15.0. The molecule has 2 nitrogen and oxygen atoms in total. The van der Waals surface area contributed by atoms with Gasteiger partial charge in [0.25, 0.3) is 5.91 Å². The van der Waals surface area contributed by atoms with Gasteiger partial charge in [0.05, 0.1) is 10.2 Å². The summed E-state index contributed by atoms with van der Waals surface area (Å²) in [6, 6.07) is 0. The normalized spacial score (nSPS) is 18.7. The van der Waals surface area contributed by atoms with Crippen LogP contribution in [0, 0.1) is 0 Å². The smallest absolute Gasteiger partial charge is 0.255 e. The summed E-state index contributed by atoms with van der Waals surface area (Å²) in [5, 5.41) is 0. The highest BCUT2D eigenvalue weighted by Gasteiger charge is 2.32. The Kier molecular flexibility index (Phi) is 6.49. The monoisotopic (exact) mass is 363 g/mol. The van der Waals surface area contributed by atoms with Crippen molar-refractivity contribution in [1.29, 1.82) is 0 Å². The zero-order valence-electron chi connectivity index (χ0n) is 10.4. The Balaban J connectivity index is 2.84. The Morgan fingerprint density at radius 2 is 1.88 bits per heavy atom. The summed E-state index contributed by atoms with van der Waals surface area (Å²) in [6.07, 6.45) is 5.17. The van der Waals surface area contributed by atoms with Gasteiger partial charge >= 0.3 is 0 Å². The molecule has 0 atom stereocenters. The molecule has 1 aliphatic heterocycles. The number of halogens is 2. The lowest BCUT2D eigenvalue weighted by molar-refractivity contribution is -0.124. The van der Waals surface area contributed by atoms with Gasteiger partial charge in [-0.1, -0.05) is 42.6 Å². The van der Waals surface area contributed by atoms with Gasteiger partial charge in [0.1, 0.15) is 0 Å². The van der Waals surface area contributed by atoms with Crippen LogP contribution in [0.1, 0.15) is 46.0 Å². The number of hydrogen-bond acceptors (Lipinski definition) is 1. The molecule has 1 aliphatic rings. The number of allylic oxidation sites excluding steroid dienone is 1. The standard InChI is InChI=1S/C13H19Br2NO/c1-3-5-7-10-12(15)11(9-14)16(13(10)17)8-6-4-2/h9H,3-8H2,1-2H3/b11-9-. The first-order valence-corrected chi connectivity index (χ1v) is 7.89. The molecule has 0 saturated heterocycles. The Hall–Kier alpha value is -0.0900. The highest BCUT2D eigenvalue weighted by molar-refractivity contribution is 9.12. The van der Waals surface area contributed by atoms with Gasteiger partial charge in [-0.3, -0.25) is 4.79 Å². The molecule has 0 unspecified atom stereocenters. The second kappa shape index (κ2) is 7.37. The summed E-state index contributed by atoms with van der Waals surface area (Å²) < 4.78 is 0.962. The molecule has 0 saturated carbocycles. The van der Waals surface area contributed by atoms with Crippen molar-refractivity contribution in [3.8, 4) is 0 Å². The van der Waals surface area contributed by atoms with Crippen LogP contribution in [-0.2, 0) is 4.79 Å². The molecule has 0 N–H and O–H groups in total. The Morgan fingerprint density at radius 3 is 2.41 bits per heavy atom. The zero-order chi connectivity index (χ0) is 12.8. The van der Waals surface area contributed by atoms with Crippen LogP contribution < -0.4 is 0 Å². The van der Waals surface area contributed by atoms with E-state index in [-0.39, 0.29) is 5.91 Å². The molecule has 0 aromatic heterocycles. The molecule has 4 heteroatoms. The van der Waals surface area contributed by atoms with Crippen LogP contribution in [0.4, 0.5) is 0 Å². The van der Waals surface area contributed by atoms with Crippen molar-refractivity contribution in [1.82, 2.24) is 4.90 Å². The van der Waals surface area contributed by atoms with Crippen LogP contribution in [0.25, 0.3) is 0 Å². The first-order chi connectivity index (χ1) is 8.17. The average Bonchev–Trinajstić information content (AvgIpc) is 2.55. The molecule has 1 heterocycles. The molecular formula is C13H19Br2NO. The average molecular weight is 365 g/mol. The van der Waals surface area contributed by atoms with Gasteiger partial charge in [-0.05, 0) is 35.2 Å². The number of amides is 1. The third kappa shape index (κ3) is 3.44. The van der Waals surface area contributed by atoms with Crippen molar-refractivity contribution in [3.63, 3.8) is 0 Å². The molecule has 0 radical (unpaired) electrons. The second-order valence-electron chi connectivity index (χ2n) is 4.20. The topological polar surface area (TPSA) is 20.3 Å². The predicted molar refractivity (Wildman–Crippen MR) is 79.1 cm³/mol. The quantitative estimate of drug-likeness (QED) is 0.668. The fraction of sp³-hybridized carbons (Fsp3) is 0.615. The summed E-state index contributed by atoms with van der Waals surface area (Å²) in [5.41, 5.74) is 1.89. The molecule has 0 aromatic carbocycles. The lowest BCUT2D eigenvalue weighted by Gasteiger charge is -2.18. The van der Waals surface area contributed by atoms with Crippen LogP contribution in [-0.4, -0.2) is 17.4 Å². The molecule has 1 rings (SSSR count). The van der Waals surface area contributed by atoms with Crippen LogP contribution in [0.5, 0.6) is 0 Å². The maximum atomic E-state index is 12.3. The van der Waals surface area contributed by atoms with E-state index in [0.717, 1.165) is 54.4 Å². The van der Waals surface area contributed by atoms with E-state index < -0.39 is 0 Å². The lowest BCUT2D eigenvalue weighted by atomic mass is 10.1. The van der Waals surface area contributed by atoms with Crippen molar-refractivity contribution in [2.24, 2.45) is 0 Å². The zero-order valence-corrected chi connectivity index (χ0v) is 13.6. The van der Waals surface area contributed by atoms with Crippen molar-refractivity contribution < 1.29 is 4.79 Å². The van der Waals surface area contributed by atoms with Gasteiger partial charge in [0.2, 0.25) is 0 Å². The van der Waals surface area contributed by atoms with Gasteiger partial charge in [-0.2, -0.15) is 0 Å². The van der Waals surface area contributed by atoms with E-state index in [9.17, 15) is 4.79 Å². The maximum absolute atomic E-state index is 12.3. The molecule has 17 heavy (non-hydrogen) atoms. The van der Waals surface area contributed by atoms with E-state index in [2.05, 4.69) is 45.7 Å². The molecule has 0 aromatic rings. The lowest BCUT2D eigenvalue weighted by Crippen LogP contribution is -2.26. The summed E-state index contributed by atoms with van der Waals surface area (Å²) in [4.78, 5) is 16.0. The highest BCUT2D eigenvalue weighted by atomic mass is 79.9. The number of carbonyl (C=O) groups is 1. The molecule has 0 aliphatic carbocycles. The van der Waals surface area contributed by atoms with Crippen molar-refractivity contribution in [3.05, 3.63) is 20.7 Å². The minimum absolute atomic E-state index is 0.171. The van der Waals surface area contributed by atoms with E-state index in [0.29, 0.717) is 0 Å². The van der Waals surface area contributed by atoms with E-state index in [1.54, 1.807) is 0 Å². The van der Waals surface area contributed by atoms with Gasteiger partial charge in [0, 0.05) is 17.1 Å². The number of rotatable bonds is 6. The second-order valence-corrected chi connectivity index (χ2v) is 5.45. The van der Waals surface area contributed by atoms with E-state index in [4.69, 9.17) is 0 Å². The van der Waals surface area contributed by atoms with Gasteiger partial charge in [-0.25, -0.2) is 0 Å². The third-order valence-corrected chi connectivity index (χ3v) is 4.22. The van der Waals surface area contributed by atoms with E-state index in [1.807, 2.05) is 9.89 Å². The minimum atomic E-state index is 0.171. The van der Waals surface area contributed by atoms with Crippen molar-refractivity contribution in [2.75, 3.05) is 6.54 Å². The van der Waals surface area contributed by atoms with Crippen molar-refractivity contribution >= 4 is 37.8 Å². The number of hydrogen-bond donors (Lipinski definition) is 0. The third-order valence-electron chi connectivity index (χ3n) is 2.90. The fourth-order valence-electron chi connectivity index (χ4n) is 1.85. The van der Waals surface area contributed by atoms with Gasteiger partial charge in [-0.15, -0.1) is 0 Å². The highest BCUT2D eigenvalue weighted by Crippen LogP contribution is 2.36. The van der Waals surface area contributed by atoms with Gasteiger partial charge in [0.15, 0.2) is 0 Å². The summed E-state index contributed by atoms with van der Waals surface area (Å²) in [5.74, 6) is 0.171. The molecule has 96 valence electrons. The molecule has 1 amide bonds. The van der Waals surface area contributed by atoms with Crippen LogP contribution in [0.2, 0.25) is 0 Å². The largest absolute Gasteiger partial charge is 0.307 e. The van der Waals surface area contributed by atoms with Crippen LogP contribution in [0.3, 0.4) is 0 Å². The van der Waals surface area contributed by atoms with Crippen LogP contribution in [0.15, 0.2) is 20.7 Å². The maximum Gasteiger partial charge on any atom is 0.255 e. The van der Waals surface area contributed by atoms with E-state index in [1.165, 1.54) is 0 Å². The van der Waals surface area contributed by atoms with Gasteiger partial charge < -0.3 is 4.90 Å². The van der Waals surface area contributed by atoms with Crippen LogP contribution >= 0.6 is 31.9 Å². The molecule has 0 fully saturated rings. The Morgan fingerprint density at radius 1 is 1.24 bits per heavy atom. The van der Waals surface area contributed by atoms with Crippen molar-refractivity contribution in [2.45, 2.75) is 46.0 Å². The summed E-state index contributed by atoms with van der Waals surface area (Å²) in [7, 11) is 0. The molecule has 0 bridgehead atoms. The fourth-order valence-corrected chi connectivity index (χ4v) is 3.33. The SMILES string of the molecule is CCCCC1=C(Br)/C(=C/Br)N(CCCC)C1=O. The number of unbranched alkanes of at least 4 members (excludes halogenated alkanes) is 2.